The second kappa shape index (κ2) is 7.20. The summed E-state index contributed by atoms with van der Waals surface area (Å²) in [4.78, 5) is 11.5. The average molecular weight is 333 g/mol. The number of nitrogens with zero attached hydrogens (tertiary/aromatic N) is 4. The van der Waals surface area contributed by atoms with Crippen molar-refractivity contribution in [1.82, 2.24) is 14.9 Å². The molecule has 2 heterocycles. The summed E-state index contributed by atoms with van der Waals surface area (Å²) in [7, 11) is 0. The van der Waals surface area contributed by atoms with Crippen molar-refractivity contribution < 1.29 is 0 Å². The number of fused-ring (bicyclic) bond motifs is 1. The molecule has 0 spiro atoms. The molecule has 1 aromatic heterocycles. The molecule has 4 rings (SSSR count). The van der Waals surface area contributed by atoms with Crippen LogP contribution in [0.5, 0.6) is 0 Å². The normalized spacial score (nSPS) is 17.9. The van der Waals surface area contributed by atoms with Gasteiger partial charge in [-0.2, -0.15) is 5.26 Å². The quantitative estimate of drug-likeness (QED) is 0.932. The molecule has 0 atom stereocenters. The molecule has 1 aromatic carbocycles. The molecule has 2 aromatic rings. The van der Waals surface area contributed by atoms with Gasteiger partial charge in [-0.25, -0.2) is 9.97 Å². The maximum atomic E-state index is 9.07. The van der Waals surface area contributed by atoms with Crippen LogP contribution in [0.3, 0.4) is 0 Å². The monoisotopic (exact) mass is 333 g/mol. The van der Waals surface area contributed by atoms with E-state index in [1.165, 1.54) is 36.1 Å². The van der Waals surface area contributed by atoms with Crippen LogP contribution >= 0.6 is 0 Å². The third kappa shape index (κ3) is 3.64. The lowest BCUT2D eigenvalue weighted by Gasteiger charge is -2.28. The molecule has 0 saturated heterocycles. The van der Waals surface area contributed by atoms with Crippen LogP contribution in [0.2, 0.25) is 0 Å². The van der Waals surface area contributed by atoms with E-state index in [1.54, 1.807) is 6.33 Å². The molecule has 25 heavy (non-hydrogen) atoms. The predicted molar refractivity (Wildman–Crippen MR) is 97.1 cm³/mol. The summed E-state index contributed by atoms with van der Waals surface area (Å²) < 4.78 is 0. The molecule has 0 bridgehead atoms. The van der Waals surface area contributed by atoms with Crippen LogP contribution in [0.1, 0.15) is 41.6 Å². The third-order valence-corrected chi connectivity index (χ3v) is 5.29. The highest BCUT2D eigenvalue weighted by Gasteiger charge is 2.22. The first-order chi connectivity index (χ1) is 12.3. The van der Waals surface area contributed by atoms with Gasteiger partial charge in [0.25, 0.3) is 0 Å². The zero-order valence-electron chi connectivity index (χ0n) is 14.4. The Bertz CT molecular complexity index is 791. The zero-order chi connectivity index (χ0) is 17.1. The summed E-state index contributed by atoms with van der Waals surface area (Å²) >= 11 is 0. The maximum Gasteiger partial charge on any atom is 0.133 e. The van der Waals surface area contributed by atoms with E-state index in [9.17, 15) is 0 Å². The SMILES string of the molecule is N#Cc1cccc(CN2CCc3ncnc(NC4CCC4)c3CC2)c1. The molecule has 1 N–H and O–H groups in total. The molecular weight excluding hydrogens is 310 g/mol. The fraction of sp³-hybridized carbons (Fsp3) is 0.450. The number of rotatable bonds is 4. The molecule has 1 aliphatic heterocycles. The molecule has 1 aliphatic carbocycles. The van der Waals surface area contributed by atoms with Gasteiger partial charge < -0.3 is 5.32 Å². The van der Waals surface area contributed by atoms with Crippen molar-refractivity contribution in [2.45, 2.75) is 44.7 Å². The molecule has 0 unspecified atom stereocenters. The van der Waals surface area contributed by atoms with Gasteiger partial charge in [0.1, 0.15) is 12.1 Å². The highest BCUT2D eigenvalue weighted by molar-refractivity contribution is 5.47. The summed E-state index contributed by atoms with van der Waals surface area (Å²) in [5.74, 6) is 1.04. The van der Waals surface area contributed by atoms with Crippen LogP contribution in [0.4, 0.5) is 5.82 Å². The van der Waals surface area contributed by atoms with Crippen molar-refractivity contribution in [1.29, 1.82) is 5.26 Å². The minimum absolute atomic E-state index is 0.590. The summed E-state index contributed by atoms with van der Waals surface area (Å²) in [5.41, 5.74) is 4.41. The fourth-order valence-corrected chi connectivity index (χ4v) is 3.60. The van der Waals surface area contributed by atoms with Gasteiger partial charge in [-0.05, 0) is 43.4 Å². The second-order valence-corrected chi connectivity index (χ2v) is 7.01. The average Bonchev–Trinajstić information content (AvgIpc) is 2.81. The molecule has 1 saturated carbocycles. The summed E-state index contributed by atoms with van der Waals surface area (Å²) in [5, 5.41) is 12.7. The van der Waals surface area contributed by atoms with Crippen LogP contribution in [0.15, 0.2) is 30.6 Å². The van der Waals surface area contributed by atoms with Gasteiger partial charge in [0.2, 0.25) is 0 Å². The topological polar surface area (TPSA) is 64.8 Å². The minimum Gasteiger partial charge on any atom is -0.367 e. The number of hydrogen-bond donors (Lipinski definition) is 1. The first kappa shape index (κ1) is 16.0. The molecule has 2 aliphatic rings. The molecule has 0 amide bonds. The van der Waals surface area contributed by atoms with Gasteiger partial charge >= 0.3 is 0 Å². The third-order valence-electron chi connectivity index (χ3n) is 5.29. The number of benzene rings is 1. The first-order valence-electron chi connectivity index (χ1n) is 9.12. The van der Waals surface area contributed by atoms with E-state index < -0.39 is 0 Å². The lowest BCUT2D eigenvalue weighted by atomic mass is 9.93. The Balaban J connectivity index is 1.46. The minimum atomic E-state index is 0.590. The molecule has 5 heteroatoms. The number of aromatic nitrogens is 2. The van der Waals surface area contributed by atoms with Crippen LogP contribution in [-0.4, -0.2) is 34.0 Å². The maximum absolute atomic E-state index is 9.07. The predicted octanol–water partition coefficient (Wildman–Crippen LogP) is 2.91. The molecule has 1 fully saturated rings. The van der Waals surface area contributed by atoms with Crippen molar-refractivity contribution in [3.63, 3.8) is 0 Å². The Morgan fingerprint density at radius 2 is 2.08 bits per heavy atom. The standard InChI is InChI=1S/C20H23N5/c21-12-15-3-1-4-16(11-15)13-25-9-7-18-19(8-10-25)22-14-23-20(18)24-17-5-2-6-17/h1,3-4,11,14,17H,2,5-10,13H2,(H,22,23,24). The van der Waals surface area contributed by atoms with E-state index in [2.05, 4.69) is 32.3 Å². The Kier molecular flexibility index (Phi) is 4.62. The lowest BCUT2D eigenvalue weighted by molar-refractivity contribution is 0.279. The van der Waals surface area contributed by atoms with Crippen molar-refractivity contribution in [3.8, 4) is 6.07 Å². The van der Waals surface area contributed by atoms with E-state index >= 15 is 0 Å². The molecule has 0 radical (unpaired) electrons. The van der Waals surface area contributed by atoms with E-state index in [4.69, 9.17) is 5.26 Å². The summed E-state index contributed by atoms with van der Waals surface area (Å²) in [6.07, 6.45) is 7.45. The highest BCUT2D eigenvalue weighted by Crippen LogP contribution is 2.26. The van der Waals surface area contributed by atoms with Gasteiger partial charge in [-0.1, -0.05) is 12.1 Å². The number of anilines is 1. The Morgan fingerprint density at radius 3 is 2.88 bits per heavy atom. The van der Waals surface area contributed by atoms with Gasteiger partial charge in [-0.3, -0.25) is 4.90 Å². The van der Waals surface area contributed by atoms with E-state index in [0.29, 0.717) is 6.04 Å². The lowest BCUT2D eigenvalue weighted by Crippen LogP contribution is -2.28. The van der Waals surface area contributed by atoms with E-state index in [-0.39, 0.29) is 0 Å². The Hall–Kier alpha value is -2.45. The van der Waals surface area contributed by atoms with Gasteiger partial charge in [0.15, 0.2) is 0 Å². The first-order valence-corrected chi connectivity index (χ1v) is 9.12. The number of nitriles is 1. The summed E-state index contributed by atoms with van der Waals surface area (Å²) in [6.45, 7) is 2.86. The highest BCUT2D eigenvalue weighted by atomic mass is 15.1. The van der Waals surface area contributed by atoms with Crippen LogP contribution in [-0.2, 0) is 19.4 Å². The summed E-state index contributed by atoms with van der Waals surface area (Å²) in [6, 6.07) is 10.7. The molecule has 128 valence electrons. The van der Waals surface area contributed by atoms with E-state index in [1.807, 2.05) is 18.2 Å². The molecule has 5 nitrogen and oxygen atoms in total. The number of hydrogen-bond acceptors (Lipinski definition) is 5. The van der Waals surface area contributed by atoms with Crippen molar-refractivity contribution in [2.24, 2.45) is 0 Å². The van der Waals surface area contributed by atoms with Crippen molar-refractivity contribution in [3.05, 3.63) is 53.0 Å². The van der Waals surface area contributed by atoms with Crippen LogP contribution in [0, 0.1) is 11.3 Å². The van der Waals surface area contributed by atoms with Crippen molar-refractivity contribution >= 4 is 5.82 Å². The van der Waals surface area contributed by atoms with Gasteiger partial charge in [-0.15, -0.1) is 0 Å². The smallest absolute Gasteiger partial charge is 0.133 e. The van der Waals surface area contributed by atoms with Crippen LogP contribution in [0.25, 0.3) is 0 Å². The Labute approximate surface area is 148 Å². The Morgan fingerprint density at radius 1 is 1.20 bits per heavy atom. The van der Waals surface area contributed by atoms with Gasteiger partial charge in [0.05, 0.1) is 17.3 Å². The fourth-order valence-electron chi connectivity index (χ4n) is 3.60. The second-order valence-electron chi connectivity index (χ2n) is 7.01. The number of nitrogens with one attached hydrogen (secondary N) is 1. The molecular formula is C20H23N5. The zero-order valence-corrected chi connectivity index (χ0v) is 14.4. The van der Waals surface area contributed by atoms with E-state index in [0.717, 1.165) is 43.9 Å². The van der Waals surface area contributed by atoms with Crippen molar-refractivity contribution in [2.75, 3.05) is 18.4 Å². The van der Waals surface area contributed by atoms with Gasteiger partial charge in [0, 0.05) is 37.7 Å². The largest absolute Gasteiger partial charge is 0.367 e. The van der Waals surface area contributed by atoms with Crippen LogP contribution < -0.4 is 5.32 Å².